The van der Waals surface area contributed by atoms with E-state index >= 15 is 0 Å². The van der Waals surface area contributed by atoms with E-state index in [2.05, 4.69) is 5.32 Å². The van der Waals surface area contributed by atoms with Gasteiger partial charge in [0.2, 0.25) is 5.91 Å². The maximum atomic E-state index is 12.7. The first-order valence-electron chi connectivity index (χ1n) is 9.64. The van der Waals surface area contributed by atoms with Gasteiger partial charge in [-0.15, -0.1) is 0 Å². The van der Waals surface area contributed by atoms with Crippen molar-refractivity contribution in [3.63, 3.8) is 0 Å². The Kier molecular flexibility index (Phi) is 6.09. The fraction of sp³-hybridized carbons (Fsp3) is 0.524. The Labute approximate surface area is 154 Å². The summed E-state index contributed by atoms with van der Waals surface area (Å²) in [6, 6.07) is 6.95. The van der Waals surface area contributed by atoms with Gasteiger partial charge in [0.15, 0.2) is 0 Å². The van der Waals surface area contributed by atoms with Gasteiger partial charge in [-0.3, -0.25) is 9.59 Å². The average molecular weight is 356 g/mol. The third-order valence-corrected chi connectivity index (χ3v) is 5.43. The van der Waals surface area contributed by atoms with Crippen molar-refractivity contribution in [2.45, 2.75) is 57.9 Å². The molecule has 1 amide bonds. The van der Waals surface area contributed by atoms with Crippen LogP contribution in [0.15, 0.2) is 35.3 Å². The molecule has 1 aromatic carbocycles. The number of aromatic nitrogens is 1. The number of carbonyl (C=O) groups excluding carboxylic acids is 1. The predicted octanol–water partition coefficient (Wildman–Crippen LogP) is 3.85. The van der Waals surface area contributed by atoms with Crippen LogP contribution >= 0.6 is 0 Å². The molecule has 1 aliphatic carbocycles. The minimum absolute atomic E-state index is 0.0253. The summed E-state index contributed by atoms with van der Waals surface area (Å²) in [7, 11) is 0. The van der Waals surface area contributed by atoms with Crippen molar-refractivity contribution >= 4 is 22.4 Å². The van der Waals surface area contributed by atoms with Crippen LogP contribution in [0.25, 0.3) is 10.8 Å². The normalized spacial score (nSPS) is 17.0. The number of aliphatic hydroxyl groups is 1. The van der Waals surface area contributed by atoms with E-state index in [0.717, 1.165) is 18.2 Å². The van der Waals surface area contributed by atoms with Crippen LogP contribution in [-0.4, -0.2) is 22.2 Å². The monoisotopic (exact) mass is 356 g/mol. The van der Waals surface area contributed by atoms with Crippen LogP contribution in [0.2, 0.25) is 0 Å². The molecule has 1 saturated carbocycles. The number of nitrogens with one attached hydrogen (secondary N) is 1. The summed E-state index contributed by atoms with van der Waals surface area (Å²) in [6.07, 6.45) is 9.49. The molecule has 0 saturated heterocycles. The van der Waals surface area contributed by atoms with Crippen LogP contribution in [0.5, 0.6) is 0 Å². The molecule has 5 heteroatoms. The molecule has 1 unspecified atom stereocenters. The van der Waals surface area contributed by atoms with Gasteiger partial charge in [0.05, 0.1) is 12.6 Å². The summed E-state index contributed by atoms with van der Waals surface area (Å²) in [5.41, 5.74) is 0.533. The van der Waals surface area contributed by atoms with E-state index in [1.807, 2.05) is 12.1 Å². The second kappa shape index (κ2) is 8.49. The molecule has 1 aromatic heterocycles. The number of carbonyl (C=O) groups is 1. The van der Waals surface area contributed by atoms with Crippen LogP contribution in [0.4, 0.5) is 5.69 Å². The predicted molar refractivity (Wildman–Crippen MR) is 104 cm³/mol. The number of anilines is 1. The number of rotatable bonds is 5. The minimum Gasteiger partial charge on any atom is -0.394 e. The third kappa shape index (κ3) is 4.15. The van der Waals surface area contributed by atoms with Gasteiger partial charge in [-0.25, -0.2) is 0 Å². The Morgan fingerprint density at radius 2 is 1.92 bits per heavy atom. The molecule has 3 rings (SSSR count). The molecule has 2 N–H and O–H groups in total. The van der Waals surface area contributed by atoms with E-state index in [4.69, 9.17) is 0 Å². The Hall–Kier alpha value is -2.14. The maximum Gasteiger partial charge on any atom is 0.258 e. The van der Waals surface area contributed by atoms with Crippen LogP contribution < -0.4 is 10.9 Å². The van der Waals surface area contributed by atoms with Crippen molar-refractivity contribution in [3.05, 3.63) is 40.8 Å². The maximum absolute atomic E-state index is 12.7. The molecule has 1 heterocycles. The molecule has 5 nitrogen and oxygen atoms in total. The van der Waals surface area contributed by atoms with Gasteiger partial charge in [0.25, 0.3) is 5.56 Å². The average Bonchev–Trinajstić information content (AvgIpc) is 2.90. The van der Waals surface area contributed by atoms with Gasteiger partial charge in [0.1, 0.15) is 0 Å². The van der Waals surface area contributed by atoms with Crippen LogP contribution in [0, 0.1) is 5.92 Å². The summed E-state index contributed by atoms with van der Waals surface area (Å²) >= 11 is 0. The van der Waals surface area contributed by atoms with Gasteiger partial charge in [0, 0.05) is 29.1 Å². The van der Waals surface area contributed by atoms with Crippen LogP contribution in [0.3, 0.4) is 0 Å². The number of amides is 1. The zero-order valence-corrected chi connectivity index (χ0v) is 15.4. The largest absolute Gasteiger partial charge is 0.394 e. The summed E-state index contributed by atoms with van der Waals surface area (Å²) in [5.74, 6) is 0.493. The highest BCUT2D eigenvalue weighted by Crippen LogP contribution is 2.27. The number of nitrogens with zero attached hydrogens (tertiary/aromatic N) is 1. The molecule has 26 heavy (non-hydrogen) atoms. The second-order valence-corrected chi connectivity index (χ2v) is 7.44. The molecule has 0 aliphatic heterocycles. The zero-order valence-electron chi connectivity index (χ0n) is 15.4. The first-order valence-corrected chi connectivity index (χ1v) is 9.64. The smallest absolute Gasteiger partial charge is 0.258 e. The lowest BCUT2D eigenvalue weighted by molar-refractivity contribution is -0.117. The van der Waals surface area contributed by atoms with Gasteiger partial charge in [-0.2, -0.15) is 0 Å². The van der Waals surface area contributed by atoms with E-state index in [-0.39, 0.29) is 24.1 Å². The SMILES string of the molecule is CC(CO)n1ccc2c(NC(=O)CC3CCCCCC3)cccc2c1=O. The first-order chi connectivity index (χ1) is 12.6. The van der Waals surface area contributed by atoms with E-state index in [1.54, 1.807) is 25.3 Å². The number of benzene rings is 1. The molecule has 0 spiro atoms. The fourth-order valence-corrected chi connectivity index (χ4v) is 3.87. The van der Waals surface area contributed by atoms with Gasteiger partial charge < -0.3 is 15.0 Å². The van der Waals surface area contributed by atoms with Gasteiger partial charge >= 0.3 is 0 Å². The lowest BCUT2D eigenvalue weighted by Crippen LogP contribution is -2.25. The number of aliphatic hydroxyl groups excluding tert-OH is 1. The van der Waals surface area contributed by atoms with Gasteiger partial charge in [-0.1, -0.05) is 31.7 Å². The molecule has 0 radical (unpaired) electrons. The lowest BCUT2D eigenvalue weighted by atomic mass is 9.96. The van der Waals surface area contributed by atoms with Crippen molar-refractivity contribution in [1.29, 1.82) is 0 Å². The molecule has 0 bridgehead atoms. The Morgan fingerprint density at radius 1 is 1.19 bits per heavy atom. The molecule has 140 valence electrons. The summed E-state index contributed by atoms with van der Waals surface area (Å²) < 4.78 is 1.53. The highest BCUT2D eigenvalue weighted by molar-refractivity contribution is 6.01. The van der Waals surface area contributed by atoms with Crippen molar-refractivity contribution in [3.8, 4) is 0 Å². The standard InChI is InChI=1S/C21H28N2O3/c1-15(14-24)23-12-11-17-18(21(23)26)9-6-10-19(17)22-20(25)13-16-7-4-2-3-5-8-16/h6,9-12,15-16,24H,2-5,7-8,13-14H2,1H3,(H,22,25). The Morgan fingerprint density at radius 3 is 2.62 bits per heavy atom. The number of hydrogen-bond acceptors (Lipinski definition) is 3. The van der Waals surface area contributed by atoms with Crippen molar-refractivity contribution < 1.29 is 9.90 Å². The fourth-order valence-electron chi connectivity index (χ4n) is 3.87. The number of pyridine rings is 1. The summed E-state index contributed by atoms with van der Waals surface area (Å²) in [4.78, 5) is 25.2. The van der Waals surface area contributed by atoms with Crippen molar-refractivity contribution in [2.24, 2.45) is 5.92 Å². The minimum atomic E-state index is -0.277. The summed E-state index contributed by atoms with van der Waals surface area (Å²) in [5, 5.41) is 13.6. The van der Waals surface area contributed by atoms with E-state index in [1.165, 1.54) is 30.3 Å². The molecule has 1 fully saturated rings. The lowest BCUT2D eigenvalue weighted by Gasteiger charge is -2.16. The molecule has 1 aliphatic rings. The second-order valence-electron chi connectivity index (χ2n) is 7.44. The van der Waals surface area contributed by atoms with E-state index < -0.39 is 0 Å². The molecule has 1 atom stereocenters. The Balaban J connectivity index is 1.80. The molecule has 2 aromatic rings. The molecular weight excluding hydrogens is 328 g/mol. The van der Waals surface area contributed by atoms with Crippen LogP contribution in [-0.2, 0) is 4.79 Å². The van der Waals surface area contributed by atoms with E-state index in [0.29, 0.717) is 23.4 Å². The van der Waals surface area contributed by atoms with E-state index in [9.17, 15) is 14.7 Å². The van der Waals surface area contributed by atoms with Crippen molar-refractivity contribution in [2.75, 3.05) is 11.9 Å². The van der Waals surface area contributed by atoms with Crippen molar-refractivity contribution in [1.82, 2.24) is 4.57 Å². The highest BCUT2D eigenvalue weighted by atomic mass is 16.3. The van der Waals surface area contributed by atoms with Crippen LogP contribution in [0.1, 0.15) is 57.9 Å². The zero-order chi connectivity index (χ0) is 18.5. The third-order valence-electron chi connectivity index (χ3n) is 5.43. The topological polar surface area (TPSA) is 71.3 Å². The van der Waals surface area contributed by atoms with Gasteiger partial charge in [-0.05, 0) is 43.9 Å². The summed E-state index contributed by atoms with van der Waals surface area (Å²) in [6.45, 7) is 1.70. The number of hydrogen-bond donors (Lipinski definition) is 2. The highest BCUT2D eigenvalue weighted by Gasteiger charge is 2.17. The first kappa shape index (κ1) is 18.6. The Bertz CT molecular complexity index is 820. The molecular formula is C21H28N2O3. The number of fused-ring (bicyclic) bond motifs is 1. The quantitative estimate of drug-likeness (QED) is 0.799.